The third-order valence-corrected chi connectivity index (χ3v) is 5.95. The Labute approximate surface area is 170 Å². The van der Waals surface area contributed by atoms with Gasteiger partial charge in [0.15, 0.2) is 5.60 Å². The van der Waals surface area contributed by atoms with Crippen LogP contribution in [0.25, 0.3) is 0 Å². The summed E-state index contributed by atoms with van der Waals surface area (Å²) in [7, 11) is 1.99. The van der Waals surface area contributed by atoms with Gasteiger partial charge in [-0.2, -0.15) is 0 Å². The van der Waals surface area contributed by atoms with E-state index in [9.17, 15) is 18.7 Å². The fraction of sp³-hybridized carbons (Fsp3) is 0.591. The smallest absolute Gasteiger partial charge is 0.343 e. The van der Waals surface area contributed by atoms with Crippen LogP contribution in [0.1, 0.15) is 38.7 Å². The number of benzene rings is 1. The number of hydrogen-bond donors (Lipinski definition) is 1. The lowest BCUT2D eigenvalue weighted by Crippen LogP contribution is -2.45. The molecule has 7 heteroatoms. The maximum Gasteiger partial charge on any atom is 0.343 e. The Morgan fingerprint density at radius 2 is 2.00 bits per heavy atom. The summed E-state index contributed by atoms with van der Waals surface area (Å²) in [5.41, 5.74) is -1.77. The molecule has 3 atom stereocenters. The molecular formula is C22H30F2N2O3. The van der Waals surface area contributed by atoms with Crippen LogP contribution in [0, 0.1) is 11.8 Å². The van der Waals surface area contributed by atoms with E-state index in [1.807, 2.05) is 19.4 Å². The summed E-state index contributed by atoms with van der Waals surface area (Å²) in [4.78, 5) is 17.1. The second-order valence-electron chi connectivity index (χ2n) is 8.42. The van der Waals surface area contributed by atoms with Gasteiger partial charge in [0.05, 0.1) is 6.54 Å². The van der Waals surface area contributed by atoms with Gasteiger partial charge in [-0.1, -0.05) is 44.2 Å². The summed E-state index contributed by atoms with van der Waals surface area (Å²) < 4.78 is 33.1. The molecule has 1 heterocycles. The predicted molar refractivity (Wildman–Crippen MR) is 106 cm³/mol. The molecule has 1 fully saturated rings. The Morgan fingerprint density at radius 3 is 2.59 bits per heavy atom. The van der Waals surface area contributed by atoms with Gasteiger partial charge in [0.25, 0.3) is 0 Å². The fourth-order valence-electron chi connectivity index (χ4n) is 4.53. The molecule has 0 bridgehead atoms. The van der Waals surface area contributed by atoms with Gasteiger partial charge in [0, 0.05) is 38.2 Å². The van der Waals surface area contributed by atoms with E-state index in [1.54, 1.807) is 30.3 Å². The van der Waals surface area contributed by atoms with E-state index in [4.69, 9.17) is 4.74 Å². The third-order valence-electron chi connectivity index (χ3n) is 5.95. The highest BCUT2D eigenvalue weighted by Gasteiger charge is 2.54. The Bertz CT molecular complexity index is 741. The van der Waals surface area contributed by atoms with Crippen LogP contribution in [-0.4, -0.2) is 53.2 Å². The molecule has 1 aromatic carbocycles. The molecule has 0 spiro atoms. The standard InChI is InChI=1S/C22H30F2N2O3/c1-16(2)19-25(3)11-12-26(19)13-14-29-20(27)22(28,17-7-5-4-6-8-17)18-9-10-21(23,24)15-18/h4-8,11-12,16,18-19,28H,9-10,13-15H2,1-3H3/t18-,19?,22+/m1/s1. The number of nitrogens with zero attached hydrogens (tertiary/aromatic N) is 2. The minimum Gasteiger partial charge on any atom is -0.461 e. The van der Waals surface area contributed by atoms with Gasteiger partial charge in [-0.25, -0.2) is 13.6 Å². The van der Waals surface area contributed by atoms with Crippen molar-refractivity contribution in [3.63, 3.8) is 0 Å². The van der Waals surface area contributed by atoms with Gasteiger partial charge in [-0.15, -0.1) is 0 Å². The average Bonchev–Trinajstić information content (AvgIpc) is 3.23. The molecule has 1 N–H and O–H groups in total. The lowest BCUT2D eigenvalue weighted by Gasteiger charge is -2.34. The van der Waals surface area contributed by atoms with Crippen molar-refractivity contribution in [3.05, 3.63) is 48.3 Å². The molecule has 29 heavy (non-hydrogen) atoms. The van der Waals surface area contributed by atoms with Gasteiger partial charge in [-0.3, -0.25) is 0 Å². The molecule has 1 aliphatic carbocycles. The molecule has 0 saturated heterocycles. The van der Waals surface area contributed by atoms with E-state index in [0.29, 0.717) is 18.0 Å². The number of esters is 1. The van der Waals surface area contributed by atoms with Crippen LogP contribution in [0.5, 0.6) is 0 Å². The molecule has 1 aromatic rings. The first-order valence-electron chi connectivity index (χ1n) is 10.1. The average molecular weight is 408 g/mol. The zero-order valence-electron chi connectivity index (χ0n) is 17.2. The SMILES string of the molecule is CC(C)C1N(C)C=CN1CCOC(=O)[C@](O)(c1ccccc1)[C@@H]1CCC(F)(F)C1. The Hall–Kier alpha value is -2.15. The Morgan fingerprint density at radius 1 is 1.31 bits per heavy atom. The summed E-state index contributed by atoms with van der Waals surface area (Å²) in [6, 6.07) is 8.29. The molecule has 5 nitrogen and oxygen atoms in total. The van der Waals surface area contributed by atoms with Crippen LogP contribution < -0.4 is 0 Å². The number of aliphatic hydroxyl groups is 1. The van der Waals surface area contributed by atoms with Crippen LogP contribution >= 0.6 is 0 Å². The monoisotopic (exact) mass is 408 g/mol. The second kappa shape index (κ2) is 8.30. The zero-order valence-corrected chi connectivity index (χ0v) is 17.2. The molecule has 160 valence electrons. The number of alkyl halides is 2. The van der Waals surface area contributed by atoms with Crippen LogP contribution in [0.15, 0.2) is 42.7 Å². The van der Waals surface area contributed by atoms with Crippen molar-refractivity contribution >= 4 is 5.97 Å². The van der Waals surface area contributed by atoms with Crippen molar-refractivity contribution in [2.75, 3.05) is 20.2 Å². The van der Waals surface area contributed by atoms with Crippen LogP contribution in [0.4, 0.5) is 8.78 Å². The summed E-state index contributed by atoms with van der Waals surface area (Å²) in [6.07, 6.45) is 3.29. The summed E-state index contributed by atoms with van der Waals surface area (Å²) >= 11 is 0. The normalized spacial score (nSPS) is 25.5. The number of carbonyl (C=O) groups excluding carboxylic acids is 1. The molecule has 0 aromatic heterocycles. The topological polar surface area (TPSA) is 53.0 Å². The minimum absolute atomic E-state index is 0.0679. The largest absolute Gasteiger partial charge is 0.461 e. The minimum atomic E-state index is -2.87. The summed E-state index contributed by atoms with van der Waals surface area (Å²) in [6.45, 7) is 4.75. The molecule has 0 radical (unpaired) electrons. The number of rotatable bonds is 7. The lowest BCUT2D eigenvalue weighted by atomic mass is 9.80. The maximum atomic E-state index is 13.8. The first kappa shape index (κ1) is 21.6. The van der Waals surface area contributed by atoms with Gasteiger partial charge >= 0.3 is 5.97 Å². The molecule has 0 amide bonds. The Kier molecular flexibility index (Phi) is 6.17. The highest BCUT2D eigenvalue weighted by Crippen LogP contribution is 2.47. The van der Waals surface area contributed by atoms with Gasteiger partial charge in [0.2, 0.25) is 5.92 Å². The predicted octanol–water partition coefficient (Wildman–Crippen LogP) is 3.55. The van der Waals surface area contributed by atoms with Crippen molar-refractivity contribution in [2.24, 2.45) is 11.8 Å². The molecule has 1 unspecified atom stereocenters. The van der Waals surface area contributed by atoms with Crippen LogP contribution in [0.2, 0.25) is 0 Å². The fourth-order valence-corrected chi connectivity index (χ4v) is 4.53. The van der Waals surface area contributed by atoms with Crippen molar-refractivity contribution in [1.29, 1.82) is 0 Å². The highest BCUT2D eigenvalue weighted by atomic mass is 19.3. The van der Waals surface area contributed by atoms with Crippen LogP contribution in [-0.2, 0) is 15.1 Å². The molecule has 2 aliphatic rings. The van der Waals surface area contributed by atoms with E-state index in [2.05, 4.69) is 23.6 Å². The maximum absolute atomic E-state index is 13.8. The summed E-state index contributed by atoms with van der Waals surface area (Å²) in [5, 5.41) is 11.3. The van der Waals surface area contributed by atoms with E-state index >= 15 is 0 Å². The van der Waals surface area contributed by atoms with E-state index in [1.165, 1.54) is 0 Å². The Balaban J connectivity index is 1.70. The first-order valence-corrected chi connectivity index (χ1v) is 10.1. The zero-order chi connectivity index (χ0) is 21.2. The van der Waals surface area contributed by atoms with Gasteiger partial charge in [0.1, 0.15) is 12.8 Å². The number of ether oxygens (including phenoxy) is 1. The first-order chi connectivity index (χ1) is 13.6. The molecular weight excluding hydrogens is 378 g/mol. The van der Waals surface area contributed by atoms with Crippen molar-refractivity contribution in [1.82, 2.24) is 9.80 Å². The van der Waals surface area contributed by atoms with E-state index < -0.39 is 29.8 Å². The molecule has 1 aliphatic heterocycles. The lowest BCUT2D eigenvalue weighted by molar-refractivity contribution is -0.175. The number of carbonyl (C=O) groups is 1. The number of halogens is 2. The van der Waals surface area contributed by atoms with E-state index in [0.717, 1.165) is 0 Å². The van der Waals surface area contributed by atoms with E-state index in [-0.39, 0.29) is 25.6 Å². The molecule has 1 saturated carbocycles. The summed E-state index contributed by atoms with van der Waals surface area (Å²) in [5.74, 6) is -4.24. The van der Waals surface area contributed by atoms with Crippen LogP contribution in [0.3, 0.4) is 0 Å². The number of hydrogen-bond acceptors (Lipinski definition) is 5. The third kappa shape index (κ3) is 4.39. The van der Waals surface area contributed by atoms with Crippen molar-refractivity contribution in [2.45, 2.75) is 50.8 Å². The van der Waals surface area contributed by atoms with Crippen molar-refractivity contribution < 1.29 is 23.4 Å². The second-order valence-corrected chi connectivity index (χ2v) is 8.42. The van der Waals surface area contributed by atoms with Crippen molar-refractivity contribution in [3.8, 4) is 0 Å². The molecule has 3 rings (SSSR count). The van der Waals surface area contributed by atoms with Gasteiger partial charge in [-0.05, 0) is 17.9 Å². The quantitative estimate of drug-likeness (QED) is 0.700. The highest BCUT2D eigenvalue weighted by molar-refractivity contribution is 5.81. The van der Waals surface area contributed by atoms with Gasteiger partial charge < -0.3 is 19.6 Å².